The Morgan fingerprint density at radius 1 is 1.29 bits per heavy atom. The van der Waals surface area contributed by atoms with Crippen molar-refractivity contribution in [1.82, 2.24) is 9.91 Å². The van der Waals surface area contributed by atoms with E-state index in [9.17, 15) is 14.7 Å². The van der Waals surface area contributed by atoms with Gasteiger partial charge < -0.3 is 15.1 Å². The number of amides is 2. The minimum Gasteiger partial charge on any atom is -0.481 e. The number of rotatable bonds is 9. The van der Waals surface area contributed by atoms with Crippen LogP contribution in [0.2, 0.25) is 0 Å². The highest BCUT2D eigenvalue weighted by molar-refractivity contribution is 7.99. The first-order valence-corrected chi connectivity index (χ1v) is 11.7. The average Bonchev–Trinajstić information content (AvgIpc) is 3.19. The van der Waals surface area contributed by atoms with Gasteiger partial charge in [-0.15, -0.1) is 0 Å². The van der Waals surface area contributed by atoms with E-state index >= 15 is 0 Å². The van der Waals surface area contributed by atoms with E-state index in [1.807, 2.05) is 23.6 Å². The number of carboxylic acid groups (broad SMARTS) is 1. The molecule has 0 spiro atoms. The number of hydrogen-bond acceptors (Lipinski definition) is 5. The number of urea groups is 1. The lowest BCUT2D eigenvalue weighted by atomic mass is 9.86. The van der Waals surface area contributed by atoms with Gasteiger partial charge in [-0.1, -0.05) is 19.3 Å². The van der Waals surface area contributed by atoms with E-state index in [1.54, 1.807) is 11.2 Å². The Balaban J connectivity index is 1.57. The van der Waals surface area contributed by atoms with E-state index in [0.29, 0.717) is 18.2 Å². The third-order valence-corrected chi connectivity index (χ3v) is 7.70. The van der Waals surface area contributed by atoms with Crippen molar-refractivity contribution in [3.8, 4) is 0 Å². The van der Waals surface area contributed by atoms with Gasteiger partial charge in [0.15, 0.2) is 0 Å². The van der Waals surface area contributed by atoms with E-state index in [1.165, 1.54) is 6.42 Å². The molecule has 0 aromatic carbocycles. The largest absolute Gasteiger partial charge is 0.481 e. The monoisotopic (exact) mass is 411 g/mol. The molecule has 2 amide bonds. The van der Waals surface area contributed by atoms with Gasteiger partial charge in [0.2, 0.25) is 0 Å². The van der Waals surface area contributed by atoms with Gasteiger partial charge >= 0.3 is 12.0 Å². The van der Waals surface area contributed by atoms with Crippen molar-refractivity contribution in [1.29, 1.82) is 0 Å². The summed E-state index contributed by atoms with van der Waals surface area (Å²) in [5.74, 6) is 0.346. The predicted molar refractivity (Wildman–Crippen MR) is 111 cm³/mol. The lowest BCUT2D eigenvalue weighted by molar-refractivity contribution is -0.137. The number of thioether (sulfide) groups is 1. The fourth-order valence-electron chi connectivity index (χ4n) is 4.81. The molecular weight excluding hydrogens is 378 g/mol. The Hall–Kier alpha value is -1.28. The van der Waals surface area contributed by atoms with Crippen molar-refractivity contribution in [3.63, 3.8) is 0 Å². The van der Waals surface area contributed by atoms with Crippen molar-refractivity contribution in [2.75, 3.05) is 12.3 Å². The molecule has 1 heterocycles. The summed E-state index contributed by atoms with van der Waals surface area (Å²) in [6.45, 7) is 2.65. The number of carboxylic acids is 1. The number of aliphatic carboxylic acids is 1. The Kier molecular flexibility index (Phi) is 7.62. The van der Waals surface area contributed by atoms with Crippen LogP contribution in [0.4, 0.5) is 4.79 Å². The van der Waals surface area contributed by atoms with Gasteiger partial charge in [0.05, 0.1) is 24.4 Å². The number of likely N-dealkylation sites (N-methyl/N-ethyl adjacent to an activating group) is 1. The van der Waals surface area contributed by atoms with Gasteiger partial charge in [0.25, 0.3) is 0 Å². The van der Waals surface area contributed by atoms with E-state index in [0.717, 1.165) is 44.3 Å². The average molecular weight is 412 g/mol. The molecule has 8 heteroatoms. The van der Waals surface area contributed by atoms with Crippen molar-refractivity contribution in [2.24, 2.45) is 11.0 Å². The molecule has 0 aromatic heterocycles. The minimum atomic E-state index is -0.747. The number of fused-ring (bicyclic) bond motifs is 1. The second-order valence-electron chi connectivity index (χ2n) is 8.16. The van der Waals surface area contributed by atoms with E-state index in [4.69, 9.17) is 5.11 Å². The second-order valence-corrected chi connectivity index (χ2v) is 9.57. The molecule has 158 valence electrons. The topological polar surface area (TPSA) is 93.4 Å². The van der Waals surface area contributed by atoms with Crippen LogP contribution in [-0.4, -0.2) is 74.1 Å². The van der Waals surface area contributed by atoms with Gasteiger partial charge in [0, 0.05) is 18.2 Å². The highest BCUT2D eigenvalue weighted by atomic mass is 32.2. The van der Waals surface area contributed by atoms with Gasteiger partial charge in [-0.3, -0.25) is 4.79 Å². The third kappa shape index (κ3) is 5.00. The maximum atomic E-state index is 12.8. The summed E-state index contributed by atoms with van der Waals surface area (Å²) in [5, 5.41) is 25.7. The van der Waals surface area contributed by atoms with Crippen LogP contribution in [-0.2, 0) is 4.79 Å². The number of hydrogen-bond donors (Lipinski definition) is 2. The molecule has 7 nitrogen and oxygen atoms in total. The highest BCUT2D eigenvalue weighted by Gasteiger charge is 2.51. The molecule has 1 aliphatic heterocycles. The minimum absolute atomic E-state index is 0.0548. The van der Waals surface area contributed by atoms with E-state index in [-0.39, 0.29) is 30.5 Å². The van der Waals surface area contributed by atoms with Crippen molar-refractivity contribution >= 4 is 30.0 Å². The van der Waals surface area contributed by atoms with Crippen LogP contribution in [0, 0.1) is 5.92 Å². The zero-order chi connectivity index (χ0) is 20.1. The van der Waals surface area contributed by atoms with E-state index in [2.05, 4.69) is 5.10 Å². The second kappa shape index (κ2) is 9.96. The lowest BCUT2D eigenvalue weighted by Gasteiger charge is -2.25. The summed E-state index contributed by atoms with van der Waals surface area (Å²) in [4.78, 5) is 25.3. The lowest BCUT2D eigenvalue weighted by Crippen LogP contribution is -2.34. The summed E-state index contributed by atoms with van der Waals surface area (Å²) in [7, 11) is 0. The summed E-state index contributed by atoms with van der Waals surface area (Å²) >= 11 is 1.82. The third-order valence-electron chi connectivity index (χ3n) is 6.31. The standard InChI is InChI=1S/C20H33N3O4S/c1-2-22-16-11-15(28-10-6-9-19(25)26)12-17(16)23(20(22)27)21-13-18(24)14-7-4-3-5-8-14/h13-18,24H,2-12H2,1H3,(H,25,26)/b21-13+. The predicted octanol–water partition coefficient (Wildman–Crippen LogP) is 3.17. The molecular formula is C20H33N3O4S. The molecule has 1 saturated heterocycles. The summed E-state index contributed by atoms with van der Waals surface area (Å²) in [6, 6.07) is 0.164. The fraction of sp³-hybridized carbons (Fsp3) is 0.850. The zero-order valence-corrected chi connectivity index (χ0v) is 17.5. The molecule has 4 unspecified atom stereocenters. The quantitative estimate of drug-likeness (QED) is 0.449. The first-order valence-electron chi connectivity index (χ1n) is 10.7. The molecule has 0 aromatic rings. The van der Waals surface area contributed by atoms with E-state index < -0.39 is 12.1 Å². The maximum absolute atomic E-state index is 12.8. The molecule has 3 rings (SSSR count). The van der Waals surface area contributed by atoms with Crippen LogP contribution >= 0.6 is 11.8 Å². The maximum Gasteiger partial charge on any atom is 0.341 e. The normalized spacial score (nSPS) is 29.6. The van der Waals surface area contributed by atoms with Crippen molar-refractivity contribution < 1.29 is 19.8 Å². The fourth-order valence-corrected chi connectivity index (χ4v) is 6.12. The smallest absolute Gasteiger partial charge is 0.341 e. The number of aliphatic hydroxyl groups is 1. The summed E-state index contributed by atoms with van der Waals surface area (Å²) in [6.07, 6.45) is 9.32. The highest BCUT2D eigenvalue weighted by Crippen LogP contribution is 2.41. The van der Waals surface area contributed by atoms with Crippen LogP contribution < -0.4 is 0 Å². The Morgan fingerprint density at radius 3 is 2.68 bits per heavy atom. The van der Waals surface area contributed by atoms with Gasteiger partial charge in [-0.2, -0.15) is 16.9 Å². The Labute approximate surface area is 171 Å². The molecule has 3 fully saturated rings. The molecule has 0 radical (unpaired) electrons. The van der Waals surface area contributed by atoms with Crippen LogP contribution in [0.15, 0.2) is 5.10 Å². The zero-order valence-electron chi connectivity index (χ0n) is 16.7. The van der Waals surface area contributed by atoms with Gasteiger partial charge in [-0.25, -0.2) is 9.80 Å². The molecule has 4 atom stereocenters. The first kappa shape index (κ1) is 21.4. The first-order chi connectivity index (χ1) is 13.5. The molecule has 2 N–H and O–H groups in total. The van der Waals surface area contributed by atoms with Crippen LogP contribution in [0.25, 0.3) is 0 Å². The molecule has 0 bridgehead atoms. The molecule has 2 saturated carbocycles. The number of hydrazone groups is 1. The van der Waals surface area contributed by atoms with Crippen molar-refractivity contribution in [2.45, 2.75) is 88.1 Å². The number of nitrogens with zero attached hydrogens (tertiary/aromatic N) is 3. The van der Waals surface area contributed by atoms with Gasteiger partial charge in [-0.05, 0) is 50.7 Å². The van der Waals surface area contributed by atoms with Crippen molar-refractivity contribution in [3.05, 3.63) is 0 Å². The SMILES string of the molecule is CCN1C(=O)N(/N=C/C(O)C2CCCCC2)C2CC(SCCCC(=O)O)CC21. The Morgan fingerprint density at radius 2 is 2.00 bits per heavy atom. The van der Waals surface area contributed by atoms with Crippen LogP contribution in [0.1, 0.15) is 64.7 Å². The molecule has 3 aliphatic rings. The van der Waals surface area contributed by atoms with Gasteiger partial charge in [0.1, 0.15) is 0 Å². The summed E-state index contributed by atoms with van der Waals surface area (Å²) in [5.41, 5.74) is 0. The van der Waals surface area contributed by atoms with Crippen LogP contribution in [0.3, 0.4) is 0 Å². The number of carbonyl (C=O) groups excluding carboxylic acids is 1. The summed E-state index contributed by atoms with van der Waals surface area (Å²) < 4.78 is 0. The molecule has 28 heavy (non-hydrogen) atoms. The molecule has 2 aliphatic carbocycles. The van der Waals surface area contributed by atoms with Crippen LogP contribution in [0.5, 0.6) is 0 Å². The number of aliphatic hydroxyl groups excluding tert-OH is 1. The number of carbonyl (C=O) groups is 2. The Bertz CT molecular complexity index is 582.